The molecule has 4 aliphatic carbocycles. The Morgan fingerprint density at radius 2 is 1.59 bits per heavy atom. The maximum Gasteiger partial charge on any atom is 0.311 e. The van der Waals surface area contributed by atoms with Crippen LogP contribution in [0.3, 0.4) is 0 Å². The number of carbonyl (C=O) groups excluding carboxylic acids is 3. The van der Waals surface area contributed by atoms with Gasteiger partial charge in [0.1, 0.15) is 30.0 Å². The van der Waals surface area contributed by atoms with Gasteiger partial charge < -0.3 is 69.3 Å². The highest BCUT2D eigenvalue weighted by Gasteiger charge is 2.72. The van der Waals surface area contributed by atoms with E-state index in [4.69, 9.17) is 28.4 Å². The van der Waals surface area contributed by atoms with Gasteiger partial charge >= 0.3 is 5.97 Å². The topological polar surface area (TPSA) is 246 Å². The number of nitrogens with zero attached hydrogens (tertiary/aromatic N) is 2. The van der Waals surface area contributed by atoms with Crippen molar-refractivity contribution < 1.29 is 77.8 Å². The fourth-order valence-corrected chi connectivity index (χ4v) is 16.6. The minimum atomic E-state index is -2.00. The second-order valence-corrected chi connectivity index (χ2v) is 27.4. The molecule has 3 heterocycles. The molecule has 0 spiro atoms. The lowest BCUT2D eigenvalue weighted by Gasteiger charge is -2.61. The zero-order valence-corrected chi connectivity index (χ0v) is 50.9. The van der Waals surface area contributed by atoms with Gasteiger partial charge in [-0.1, -0.05) is 46.3 Å². The smallest absolute Gasteiger partial charge is 0.311 e. The van der Waals surface area contributed by atoms with Gasteiger partial charge in [0.25, 0.3) is 0 Å². The lowest BCUT2D eigenvalue weighted by atomic mass is 9.45. The molecular weight excluding hydrogens is 1030 g/mol. The van der Waals surface area contributed by atoms with Crippen molar-refractivity contribution in [2.24, 2.45) is 52.3 Å². The molecule has 3 aliphatic heterocycles. The van der Waals surface area contributed by atoms with Crippen LogP contribution in [0.5, 0.6) is 0 Å². The monoisotopic (exact) mass is 1140 g/mol. The highest BCUT2D eigenvalue weighted by molar-refractivity contribution is 6.01. The fraction of sp³-hybridized carbons (Fsp3) is 0.885. The SMILES string of the molecule is CC[C@H]1OC(=O)[C@H](C)[C@@H](OC2C[C@](C)(OC)[C@H](O)C(C)O2)[C@H](C)[C@@H](OC2OC(C)C[C@@H](N(C)C)[C@H]2O)[C@](C)(O)C[C@@H](C)CN(CCCNC(=O)[C@H]2[C@H](C)CC3C4CCC5=CC(=O)C=C[C@]5(C)[C@@]4(F)[C@@H](O)C[C@@]32C)[C@H](C)[C@@H](O)[C@]1(C)O. The second kappa shape index (κ2) is 24.5. The van der Waals surface area contributed by atoms with E-state index in [0.717, 1.165) is 0 Å². The van der Waals surface area contributed by atoms with Gasteiger partial charge in [0.2, 0.25) is 5.91 Å². The first kappa shape index (κ1) is 65.1. The molecule has 0 radical (unpaired) electrons. The van der Waals surface area contributed by atoms with Crippen molar-refractivity contribution in [3.05, 3.63) is 23.8 Å². The highest BCUT2D eigenvalue weighted by atomic mass is 19.1. The maximum absolute atomic E-state index is 17.9. The van der Waals surface area contributed by atoms with Crippen LogP contribution in [0.2, 0.25) is 0 Å². The van der Waals surface area contributed by atoms with Crippen LogP contribution < -0.4 is 5.32 Å². The predicted octanol–water partition coefficient (Wildman–Crippen LogP) is 5.01. The number of aliphatic hydroxyl groups is 6. The predicted molar refractivity (Wildman–Crippen MR) is 297 cm³/mol. The number of rotatable bonds is 12. The molecule has 80 heavy (non-hydrogen) atoms. The summed E-state index contributed by atoms with van der Waals surface area (Å²) in [7, 11) is 5.23. The van der Waals surface area contributed by atoms with Gasteiger partial charge in [-0.25, -0.2) is 4.39 Å². The van der Waals surface area contributed by atoms with Crippen LogP contribution in [0.4, 0.5) is 4.39 Å². The molecule has 458 valence electrons. The Balaban J connectivity index is 1.15. The van der Waals surface area contributed by atoms with Gasteiger partial charge in [0, 0.05) is 68.4 Å². The number of hydrogen-bond acceptors (Lipinski definition) is 17. The van der Waals surface area contributed by atoms with E-state index < -0.39 is 130 Å². The summed E-state index contributed by atoms with van der Waals surface area (Å²) >= 11 is 0. The quantitative estimate of drug-likeness (QED) is 0.100. The lowest BCUT2D eigenvalue weighted by Crippen LogP contribution is -2.67. The number of nitrogens with one attached hydrogen (secondary N) is 1. The van der Waals surface area contributed by atoms with Gasteiger partial charge in [0.15, 0.2) is 24.0 Å². The van der Waals surface area contributed by atoms with E-state index in [2.05, 4.69) is 5.32 Å². The van der Waals surface area contributed by atoms with Crippen LogP contribution in [-0.4, -0.2) is 201 Å². The van der Waals surface area contributed by atoms with Gasteiger partial charge in [-0.3, -0.25) is 19.3 Å². The van der Waals surface area contributed by atoms with Crippen molar-refractivity contribution in [1.82, 2.24) is 15.1 Å². The average molecular weight is 1140 g/mol. The first-order chi connectivity index (χ1) is 37.1. The third kappa shape index (κ3) is 12.0. The van der Waals surface area contributed by atoms with Crippen molar-refractivity contribution in [2.75, 3.05) is 40.8 Å². The van der Waals surface area contributed by atoms with E-state index in [0.29, 0.717) is 50.8 Å². The number of ether oxygens (including phenoxy) is 6. The summed E-state index contributed by atoms with van der Waals surface area (Å²) in [6, 6.07) is -1.10. The Morgan fingerprint density at radius 1 is 0.912 bits per heavy atom. The van der Waals surface area contributed by atoms with Crippen molar-refractivity contribution in [2.45, 2.75) is 250 Å². The number of allylic oxidation sites excluding steroid dienone is 4. The van der Waals surface area contributed by atoms with Gasteiger partial charge in [-0.05, 0) is 156 Å². The lowest BCUT2D eigenvalue weighted by molar-refractivity contribution is -0.318. The third-order valence-corrected chi connectivity index (χ3v) is 21.2. The number of likely N-dealkylation sites (N-methyl/N-ethyl adjacent to an activating group) is 1. The zero-order valence-electron chi connectivity index (χ0n) is 50.9. The molecule has 0 aromatic heterocycles. The fourth-order valence-electron chi connectivity index (χ4n) is 16.6. The Bertz CT molecular complexity index is 2250. The Hall–Kier alpha value is -2.50. The summed E-state index contributed by atoms with van der Waals surface area (Å²) in [6.45, 7) is 24.1. The Morgan fingerprint density at radius 3 is 2.23 bits per heavy atom. The highest BCUT2D eigenvalue weighted by Crippen LogP contribution is 2.69. The molecular formula is C61H102FN3O15. The molecule has 3 saturated heterocycles. The van der Waals surface area contributed by atoms with E-state index in [1.807, 2.05) is 51.6 Å². The first-order valence-corrected chi connectivity index (χ1v) is 30.0. The molecule has 7 N–H and O–H groups in total. The van der Waals surface area contributed by atoms with E-state index in [1.54, 1.807) is 61.5 Å². The molecule has 1 amide bonds. The summed E-state index contributed by atoms with van der Waals surface area (Å²) in [5.41, 5.74) is -7.87. The third-order valence-electron chi connectivity index (χ3n) is 21.2. The normalized spacial score (nSPS) is 49.9. The Labute approximate surface area is 475 Å². The standard InChI is InChI=1S/C61H102FN3O15/c1-17-45-60(13,74)50(69)37(7)65(24-18-23-63-53(71)47-33(3)25-42-41-20-19-39-27-40(66)21-22-57(39,10)61(41,62)44(67)29-56(42,47)9)31-32(2)28-58(11,73)52(80-55-48(68)43(64(14)15)26-34(4)76-55)35(5)49(36(6)54(72)78-45)79-46-30-59(12,75-16)51(70)38(8)77-46/h21-22,27,32-38,41-52,55,67-70,73-74H,17-20,23-26,28-31H2,1-16H3,(H,63,71)/t32-,33-,34?,35+,36-,37-,38?,41?,42?,43-,44+,45-,46?,47-,48-,49+,50-,51-,52-,55?,56+,57+,58-,59+,60-,61+/m1/s1. The molecule has 0 aromatic rings. The molecule has 0 aromatic carbocycles. The van der Waals surface area contributed by atoms with Crippen molar-refractivity contribution in [3.63, 3.8) is 0 Å². The molecule has 19 heteroatoms. The van der Waals surface area contributed by atoms with Crippen LogP contribution in [0.15, 0.2) is 23.8 Å². The van der Waals surface area contributed by atoms with Crippen LogP contribution in [0, 0.1) is 52.3 Å². The number of alkyl halides is 1. The molecule has 0 bridgehead atoms. The number of ketones is 1. The molecule has 6 fully saturated rings. The Kier molecular flexibility index (Phi) is 19.9. The number of methoxy groups -OCH3 is 1. The van der Waals surface area contributed by atoms with Gasteiger partial charge in [-0.2, -0.15) is 0 Å². The number of fused-ring (bicyclic) bond motifs is 5. The number of carbonyl (C=O) groups is 3. The van der Waals surface area contributed by atoms with Crippen molar-refractivity contribution in [1.29, 1.82) is 0 Å². The van der Waals surface area contributed by atoms with E-state index in [9.17, 15) is 45.0 Å². The summed E-state index contributed by atoms with van der Waals surface area (Å²) < 4.78 is 56.2. The minimum Gasteiger partial charge on any atom is -0.459 e. The second-order valence-electron chi connectivity index (χ2n) is 27.4. The number of halogens is 1. The number of esters is 1. The number of amides is 1. The first-order valence-electron chi connectivity index (χ1n) is 30.0. The molecule has 26 atom stereocenters. The summed E-state index contributed by atoms with van der Waals surface area (Å²) in [5.74, 6) is -4.64. The van der Waals surface area contributed by atoms with Crippen LogP contribution >= 0.6 is 0 Å². The number of cyclic esters (lactones) is 1. The van der Waals surface area contributed by atoms with Crippen LogP contribution in [-0.2, 0) is 42.8 Å². The van der Waals surface area contributed by atoms with Crippen molar-refractivity contribution in [3.8, 4) is 0 Å². The zero-order chi connectivity index (χ0) is 59.6. The van der Waals surface area contributed by atoms with E-state index in [1.165, 1.54) is 26.2 Å². The summed E-state index contributed by atoms with van der Waals surface area (Å²) in [4.78, 5) is 45.6. The summed E-state index contributed by atoms with van der Waals surface area (Å²) in [6.07, 6.45) is -4.10. The van der Waals surface area contributed by atoms with Gasteiger partial charge in [-0.15, -0.1) is 0 Å². The maximum atomic E-state index is 17.9. The summed E-state index contributed by atoms with van der Waals surface area (Å²) in [5, 5.41) is 75.9. The molecule has 18 nitrogen and oxygen atoms in total. The molecule has 7 rings (SSSR count). The van der Waals surface area contributed by atoms with E-state index in [-0.39, 0.29) is 73.8 Å². The van der Waals surface area contributed by atoms with Crippen molar-refractivity contribution >= 4 is 17.7 Å². The van der Waals surface area contributed by atoms with Crippen LogP contribution in [0.1, 0.15) is 148 Å². The minimum absolute atomic E-state index is 0.0779. The molecule has 3 saturated carbocycles. The van der Waals surface area contributed by atoms with Crippen LogP contribution in [0.25, 0.3) is 0 Å². The molecule has 7 aliphatic rings. The number of aliphatic hydroxyl groups excluding tert-OH is 4. The van der Waals surface area contributed by atoms with E-state index >= 15 is 4.39 Å². The average Bonchev–Trinajstić information content (AvgIpc) is 3.64. The molecule has 6 unspecified atom stereocenters. The largest absolute Gasteiger partial charge is 0.459 e. The van der Waals surface area contributed by atoms with Gasteiger partial charge in [0.05, 0.1) is 47.6 Å². The number of hydrogen-bond donors (Lipinski definition) is 7.